The van der Waals surface area contributed by atoms with Crippen molar-refractivity contribution in [2.45, 2.75) is 58.7 Å². The molecule has 0 radical (unpaired) electrons. The molecule has 2 fully saturated rings. The van der Waals surface area contributed by atoms with Gasteiger partial charge in [0.25, 0.3) is 0 Å². The van der Waals surface area contributed by atoms with Crippen molar-refractivity contribution in [3.8, 4) is 0 Å². The number of nitrogens with one attached hydrogen (secondary N) is 1. The first-order valence-electron chi connectivity index (χ1n) is 13.7. The molecule has 4 rings (SSSR count). The summed E-state index contributed by atoms with van der Waals surface area (Å²) in [6.45, 7) is 12.8. The number of piperazine rings is 1. The van der Waals surface area contributed by atoms with Crippen molar-refractivity contribution >= 4 is 23.3 Å². The van der Waals surface area contributed by atoms with Crippen molar-refractivity contribution in [2.75, 3.05) is 49.5 Å². The molecular weight excluding hydrogens is 483 g/mol. The number of hydrogen-bond acceptors (Lipinski definition) is 5. The van der Waals surface area contributed by atoms with E-state index in [4.69, 9.17) is 0 Å². The van der Waals surface area contributed by atoms with Gasteiger partial charge in [-0.25, -0.2) is 8.87 Å². The van der Waals surface area contributed by atoms with Crippen LogP contribution in [0, 0.1) is 11.7 Å². The number of benzene rings is 2. The highest BCUT2D eigenvalue weighted by molar-refractivity contribution is 5.85. The zero-order chi connectivity index (χ0) is 27.5. The highest BCUT2D eigenvalue weighted by atomic mass is 19.1. The molecule has 2 N–H and O–H groups in total. The summed E-state index contributed by atoms with van der Waals surface area (Å²) in [5, 5.41) is 13.3. The maximum absolute atomic E-state index is 13.2. The molecule has 1 unspecified atom stereocenters. The molecule has 2 aliphatic heterocycles. The van der Waals surface area contributed by atoms with Crippen LogP contribution >= 0.6 is 0 Å². The van der Waals surface area contributed by atoms with E-state index in [1.165, 1.54) is 17.7 Å². The van der Waals surface area contributed by atoms with E-state index in [0.717, 1.165) is 56.9 Å². The van der Waals surface area contributed by atoms with Crippen molar-refractivity contribution < 1.29 is 23.6 Å². The molecule has 2 atom stereocenters. The van der Waals surface area contributed by atoms with Crippen molar-refractivity contribution in [2.24, 2.45) is 5.92 Å². The van der Waals surface area contributed by atoms with E-state index < -0.39 is 6.09 Å². The zero-order valence-corrected chi connectivity index (χ0v) is 23.1. The topological polar surface area (TPSA) is 72.9 Å². The molecule has 0 aliphatic carbocycles. The molecule has 2 heterocycles. The van der Waals surface area contributed by atoms with Crippen LogP contribution < -0.4 is 10.2 Å². The predicted octanol–water partition coefficient (Wildman–Crippen LogP) is 5.22. The second kappa shape index (κ2) is 11.4. The molecule has 1 amide bonds. The van der Waals surface area contributed by atoms with Crippen LogP contribution in [0.5, 0.6) is 0 Å². The normalized spacial score (nSPS) is 23.3. The fourth-order valence-electron chi connectivity index (χ4n) is 6.27. The number of carbonyl (C=O) groups excluding carboxylic acids is 1. The van der Waals surface area contributed by atoms with E-state index in [2.05, 4.69) is 27.2 Å². The van der Waals surface area contributed by atoms with Crippen molar-refractivity contribution in [3.05, 3.63) is 59.9 Å². The average Bonchev–Trinajstić information content (AvgIpc) is 2.88. The summed E-state index contributed by atoms with van der Waals surface area (Å²) in [6, 6.07) is 14.7. The number of nitrogens with zero attached hydrogens (tertiary/aromatic N) is 3. The molecule has 8 heteroatoms. The highest BCUT2D eigenvalue weighted by Gasteiger charge is 2.54. The van der Waals surface area contributed by atoms with Crippen LogP contribution in [-0.4, -0.2) is 77.2 Å². The number of carboxylic acid groups (broad SMARTS) is 1. The number of carbonyl (C=O) groups is 2. The van der Waals surface area contributed by atoms with Gasteiger partial charge in [0.2, 0.25) is 0 Å². The molecule has 7 nitrogen and oxygen atoms in total. The van der Waals surface area contributed by atoms with Crippen LogP contribution in [0.3, 0.4) is 0 Å². The number of halogens is 1. The summed E-state index contributed by atoms with van der Waals surface area (Å²) in [4.78, 5) is 29.6. The Hall–Kier alpha value is -2.97. The first-order chi connectivity index (χ1) is 18.0. The summed E-state index contributed by atoms with van der Waals surface area (Å²) < 4.78 is 13.3. The van der Waals surface area contributed by atoms with Gasteiger partial charge in [-0.3, -0.25) is 9.69 Å². The summed E-state index contributed by atoms with van der Waals surface area (Å²) in [7, 11) is 0. The molecule has 2 aliphatic rings. The van der Waals surface area contributed by atoms with Crippen molar-refractivity contribution in [1.82, 2.24) is 4.90 Å². The molecule has 0 spiro atoms. The molecule has 2 saturated heterocycles. The number of hydrogen-bond donors (Lipinski definition) is 2. The SMILES string of the molecule is C[C@H]1CN(Cc2ccc(NCC(=O)C3CCN(c4ccc(F)cc4)CC3)cc2)CC[N+]1(C(=O)O)C(C)(C)C. The number of anilines is 2. The van der Waals surface area contributed by atoms with Gasteiger partial charge >= 0.3 is 6.09 Å². The van der Waals surface area contributed by atoms with E-state index in [1.54, 1.807) is 12.1 Å². The lowest BCUT2D eigenvalue weighted by Crippen LogP contribution is -2.73. The standard InChI is InChI=1S/C30H41FN4O3/c1-22-20-33(17-18-35(22,29(37)38)30(2,3)4)21-23-5-9-26(10-6-23)32-19-28(36)24-13-15-34(16-14-24)27-11-7-25(31)8-12-27/h5-12,22,24,32H,13-21H2,1-4H3/p+1/t22-,35?/m0/s1. The maximum atomic E-state index is 13.2. The van der Waals surface area contributed by atoms with Gasteiger partial charge in [-0.05, 0) is 82.5 Å². The number of piperidine rings is 1. The minimum atomic E-state index is -0.743. The largest absolute Gasteiger partial charge is 0.514 e. The van der Waals surface area contributed by atoms with Gasteiger partial charge in [0.15, 0.2) is 5.78 Å². The molecular formula is C30H42FN4O3+. The molecule has 2 aromatic rings. The quantitative estimate of drug-likeness (QED) is 0.483. The average molecular weight is 526 g/mol. The van der Waals surface area contributed by atoms with Gasteiger partial charge in [0.05, 0.1) is 13.1 Å². The lowest BCUT2D eigenvalue weighted by atomic mass is 9.92. The Morgan fingerprint density at radius 1 is 1.03 bits per heavy atom. The lowest BCUT2D eigenvalue weighted by Gasteiger charge is -2.52. The Morgan fingerprint density at radius 3 is 2.21 bits per heavy atom. The molecule has 38 heavy (non-hydrogen) atoms. The second-order valence-corrected chi connectivity index (χ2v) is 11.9. The van der Waals surface area contributed by atoms with Gasteiger partial charge in [-0.15, -0.1) is 0 Å². The number of Topliss-reactive ketones (excluding diaryl/α,β-unsaturated/α-hetero) is 1. The Kier molecular flexibility index (Phi) is 8.43. The van der Waals surface area contributed by atoms with Crippen LogP contribution in [0.2, 0.25) is 0 Å². The Labute approximate surface area is 225 Å². The smallest absolute Gasteiger partial charge is 0.435 e. The van der Waals surface area contributed by atoms with Crippen LogP contribution in [-0.2, 0) is 11.3 Å². The Balaban J connectivity index is 1.23. The lowest BCUT2D eigenvalue weighted by molar-refractivity contribution is -0.929. The Morgan fingerprint density at radius 2 is 1.66 bits per heavy atom. The summed E-state index contributed by atoms with van der Waals surface area (Å²) in [5.41, 5.74) is 2.74. The molecule has 0 saturated carbocycles. The summed E-state index contributed by atoms with van der Waals surface area (Å²) >= 11 is 0. The number of amides is 1. The Bertz CT molecular complexity index is 1110. The van der Waals surface area contributed by atoms with Crippen LogP contribution in [0.15, 0.2) is 48.5 Å². The molecule has 2 aromatic carbocycles. The monoisotopic (exact) mass is 525 g/mol. The fourth-order valence-corrected chi connectivity index (χ4v) is 6.27. The third kappa shape index (κ3) is 6.02. The first kappa shape index (κ1) is 28.0. The van der Waals surface area contributed by atoms with Crippen molar-refractivity contribution in [1.29, 1.82) is 0 Å². The minimum absolute atomic E-state index is 0.00393. The summed E-state index contributed by atoms with van der Waals surface area (Å²) in [6.07, 6.45) is 0.873. The number of ketones is 1. The van der Waals surface area contributed by atoms with Gasteiger partial charge in [-0.2, -0.15) is 4.79 Å². The van der Waals surface area contributed by atoms with E-state index in [0.29, 0.717) is 13.1 Å². The molecule has 206 valence electrons. The van der Waals surface area contributed by atoms with Crippen LogP contribution in [0.25, 0.3) is 0 Å². The van der Waals surface area contributed by atoms with Crippen LogP contribution in [0.4, 0.5) is 20.6 Å². The predicted molar refractivity (Wildman–Crippen MR) is 149 cm³/mol. The number of rotatable bonds is 7. The second-order valence-electron chi connectivity index (χ2n) is 11.9. The van der Waals surface area contributed by atoms with E-state index in [1.807, 2.05) is 39.8 Å². The highest BCUT2D eigenvalue weighted by Crippen LogP contribution is 2.33. The van der Waals surface area contributed by atoms with Gasteiger partial charge in [0.1, 0.15) is 23.9 Å². The van der Waals surface area contributed by atoms with Gasteiger partial charge in [0, 0.05) is 43.5 Å². The summed E-state index contributed by atoms with van der Waals surface area (Å²) in [5.74, 6) is 0.0410. The van der Waals surface area contributed by atoms with Gasteiger partial charge in [-0.1, -0.05) is 12.1 Å². The van der Waals surface area contributed by atoms with E-state index in [-0.39, 0.29) is 33.6 Å². The van der Waals surface area contributed by atoms with E-state index >= 15 is 0 Å². The zero-order valence-electron chi connectivity index (χ0n) is 23.1. The number of quaternary nitrogens is 1. The first-order valence-corrected chi connectivity index (χ1v) is 13.7. The fraction of sp³-hybridized carbons (Fsp3) is 0.533. The van der Waals surface area contributed by atoms with E-state index in [9.17, 15) is 19.1 Å². The minimum Gasteiger partial charge on any atom is -0.435 e. The molecule has 0 bridgehead atoms. The van der Waals surface area contributed by atoms with Gasteiger partial charge < -0.3 is 15.3 Å². The third-order valence-electron chi connectivity index (χ3n) is 8.55. The molecule has 0 aromatic heterocycles. The van der Waals surface area contributed by atoms with Crippen LogP contribution in [0.1, 0.15) is 46.1 Å². The third-order valence-corrected chi connectivity index (χ3v) is 8.55. The van der Waals surface area contributed by atoms with Crippen molar-refractivity contribution in [3.63, 3.8) is 0 Å². The maximum Gasteiger partial charge on any atom is 0.514 e.